The van der Waals surface area contributed by atoms with Crippen LogP contribution in [-0.4, -0.2) is 20.2 Å². The summed E-state index contributed by atoms with van der Waals surface area (Å²) in [7, 11) is -3.49. The van der Waals surface area contributed by atoms with E-state index in [4.69, 9.17) is 0 Å². The molecule has 0 aliphatic carbocycles. The molecule has 0 aliphatic heterocycles. The molecule has 0 saturated carbocycles. The summed E-state index contributed by atoms with van der Waals surface area (Å²) >= 11 is 0. The number of carbonyl (C=O) groups is 1. The van der Waals surface area contributed by atoms with Crippen molar-refractivity contribution in [2.45, 2.75) is 44.6 Å². The topological polar surface area (TPSA) is 63.2 Å². The molecule has 1 unspecified atom stereocenters. The zero-order chi connectivity index (χ0) is 13.8. The molecule has 1 atom stereocenters. The fourth-order valence-electron chi connectivity index (χ4n) is 1.69. The lowest BCUT2D eigenvalue weighted by molar-refractivity contribution is 0.101. The number of sulfonamides is 1. The molecule has 18 heavy (non-hydrogen) atoms. The second kappa shape index (κ2) is 6.11. The van der Waals surface area contributed by atoms with Crippen LogP contribution < -0.4 is 4.72 Å². The molecule has 0 saturated heterocycles. The molecule has 1 aromatic carbocycles. The lowest BCUT2D eigenvalue weighted by atomic mass is 10.2. The van der Waals surface area contributed by atoms with Gasteiger partial charge in [-0.1, -0.05) is 25.5 Å². The van der Waals surface area contributed by atoms with Gasteiger partial charge >= 0.3 is 0 Å². The van der Waals surface area contributed by atoms with Crippen LogP contribution in [0.2, 0.25) is 0 Å². The van der Waals surface area contributed by atoms with E-state index in [9.17, 15) is 13.2 Å². The number of hydrogen-bond acceptors (Lipinski definition) is 3. The van der Waals surface area contributed by atoms with Crippen molar-refractivity contribution in [1.82, 2.24) is 4.72 Å². The first-order valence-corrected chi connectivity index (χ1v) is 7.48. The Morgan fingerprint density at radius 1 is 1.28 bits per heavy atom. The van der Waals surface area contributed by atoms with Gasteiger partial charge in [0.25, 0.3) is 0 Å². The Kier molecular flexibility index (Phi) is 5.04. The first kappa shape index (κ1) is 14.9. The maximum absolute atomic E-state index is 12.0. The third kappa shape index (κ3) is 3.92. The smallest absolute Gasteiger partial charge is 0.240 e. The molecule has 100 valence electrons. The summed E-state index contributed by atoms with van der Waals surface area (Å²) in [6.07, 6.45) is 1.72. The van der Waals surface area contributed by atoms with E-state index in [0.717, 1.165) is 12.8 Å². The van der Waals surface area contributed by atoms with Gasteiger partial charge in [0, 0.05) is 11.6 Å². The molecular weight excluding hydrogens is 250 g/mol. The van der Waals surface area contributed by atoms with Crippen molar-refractivity contribution in [1.29, 1.82) is 0 Å². The van der Waals surface area contributed by atoms with E-state index in [2.05, 4.69) is 4.72 Å². The quantitative estimate of drug-likeness (QED) is 0.806. The zero-order valence-corrected chi connectivity index (χ0v) is 11.8. The molecule has 0 aliphatic rings. The molecule has 1 aromatic rings. The predicted molar refractivity (Wildman–Crippen MR) is 71.1 cm³/mol. The first-order valence-electron chi connectivity index (χ1n) is 6.00. The van der Waals surface area contributed by atoms with Crippen molar-refractivity contribution < 1.29 is 13.2 Å². The van der Waals surface area contributed by atoms with Crippen LogP contribution in [-0.2, 0) is 10.0 Å². The Bertz CT molecular complexity index is 506. The summed E-state index contributed by atoms with van der Waals surface area (Å²) in [6, 6.07) is 5.88. The van der Waals surface area contributed by atoms with Gasteiger partial charge in [0.1, 0.15) is 0 Å². The van der Waals surface area contributed by atoms with E-state index in [1.54, 1.807) is 0 Å². The van der Waals surface area contributed by atoms with Crippen molar-refractivity contribution in [3.8, 4) is 0 Å². The van der Waals surface area contributed by atoms with Crippen molar-refractivity contribution in [2.75, 3.05) is 0 Å². The third-order valence-corrected chi connectivity index (χ3v) is 4.25. The van der Waals surface area contributed by atoms with E-state index < -0.39 is 10.0 Å². The number of hydrogen-bond donors (Lipinski definition) is 1. The molecule has 0 spiro atoms. The standard InChI is InChI=1S/C13H19NO3S/c1-4-5-10(2)14-18(16,17)13-8-6-12(7-9-13)11(3)15/h6-10,14H,4-5H2,1-3H3. The molecule has 5 heteroatoms. The van der Waals surface area contributed by atoms with E-state index in [0.29, 0.717) is 5.56 Å². The highest BCUT2D eigenvalue weighted by molar-refractivity contribution is 7.89. The molecule has 0 bridgehead atoms. The zero-order valence-electron chi connectivity index (χ0n) is 10.9. The fourth-order valence-corrected chi connectivity index (χ4v) is 2.97. The number of carbonyl (C=O) groups excluding carboxylic acids is 1. The average molecular weight is 269 g/mol. The molecule has 0 fully saturated rings. The lowest BCUT2D eigenvalue weighted by Gasteiger charge is -2.13. The van der Waals surface area contributed by atoms with Crippen molar-refractivity contribution in [3.63, 3.8) is 0 Å². The minimum Gasteiger partial charge on any atom is -0.295 e. The van der Waals surface area contributed by atoms with Gasteiger partial charge in [0.05, 0.1) is 4.90 Å². The van der Waals surface area contributed by atoms with Gasteiger partial charge in [-0.2, -0.15) is 0 Å². The highest BCUT2D eigenvalue weighted by Gasteiger charge is 2.16. The lowest BCUT2D eigenvalue weighted by Crippen LogP contribution is -2.32. The second-order valence-electron chi connectivity index (χ2n) is 4.39. The van der Waals surface area contributed by atoms with E-state index in [1.807, 2.05) is 13.8 Å². The fraction of sp³-hybridized carbons (Fsp3) is 0.462. The number of rotatable bonds is 6. The normalized spacial score (nSPS) is 13.3. The molecule has 1 rings (SSSR count). The largest absolute Gasteiger partial charge is 0.295 e. The van der Waals surface area contributed by atoms with Crippen molar-refractivity contribution >= 4 is 15.8 Å². The number of Topliss-reactive ketones (excluding diaryl/α,β-unsaturated/α-hetero) is 1. The van der Waals surface area contributed by atoms with Gasteiger partial charge in [-0.25, -0.2) is 13.1 Å². The van der Waals surface area contributed by atoms with Crippen LogP contribution in [0.1, 0.15) is 44.0 Å². The van der Waals surface area contributed by atoms with Crippen LogP contribution in [0.25, 0.3) is 0 Å². The predicted octanol–water partition coefficient (Wildman–Crippen LogP) is 2.36. The van der Waals surface area contributed by atoms with E-state index >= 15 is 0 Å². The number of nitrogens with one attached hydrogen (secondary N) is 1. The molecule has 4 nitrogen and oxygen atoms in total. The summed E-state index contributed by atoms with van der Waals surface area (Å²) < 4.78 is 26.6. The van der Waals surface area contributed by atoms with Gasteiger partial charge in [0.15, 0.2) is 5.78 Å². The Balaban J connectivity index is 2.88. The molecule has 0 radical (unpaired) electrons. The highest BCUT2D eigenvalue weighted by atomic mass is 32.2. The molecule has 0 amide bonds. The van der Waals surface area contributed by atoms with Gasteiger partial charge in [-0.3, -0.25) is 4.79 Å². The van der Waals surface area contributed by atoms with E-state index in [-0.39, 0.29) is 16.7 Å². The average Bonchev–Trinajstić information content (AvgIpc) is 2.28. The van der Waals surface area contributed by atoms with E-state index in [1.165, 1.54) is 31.2 Å². The maximum Gasteiger partial charge on any atom is 0.240 e. The summed E-state index contributed by atoms with van der Waals surface area (Å²) in [6.45, 7) is 5.29. The monoisotopic (exact) mass is 269 g/mol. The SMILES string of the molecule is CCCC(C)NS(=O)(=O)c1ccc(C(C)=O)cc1. The third-order valence-electron chi connectivity index (χ3n) is 2.65. The first-order chi connectivity index (χ1) is 8.36. The number of benzene rings is 1. The molecule has 0 aromatic heterocycles. The summed E-state index contributed by atoms with van der Waals surface area (Å²) in [5.41, 5.74) is 0.510. The maximum atomic E-state index is 12.0. The minimum atomic E-state index is -3.49. The Labute approximate surface area is 108 Å². The summed E-state index contributed by atoms with van der Waals surface area (Å²) in [5, 5.41) is 0. The Morgan fingerprint density at radius 2 is 1.83 bits per heavy atom. The Hall–Kier alpha value is -1.20. The number of ketones is 1. The van der Waals surface area contributed by atoms with Crippen LogP contribution >= 0.6 is 0 Å². The van der Waals surface area contributed by atoms with Gasteiger partial charge in [0.2, 0.25) is 10.0 Å². The van der Waals surface area contributed by atoms with Crippen LogP contribution in [0.4, 0.5) is 0 Å². The summed E-state index contributed by atoms with van der Waals surface area (Å²) in [5.74, 6) is -0.0775. The van der Waals surface area contributed by atoms with Crippen LogP contribution in [0.5, 0.6) is 0 Å². The molecule has 1 N–H and O–H groups in total. The van der Waals surface area contributed by atoms with Gasteiger partial charge in [-0.05, 0) is 32.4 Å². The van der Waals surface area contributed by atoms with Crippen LogP contribution in [0.3, 0.4) is 0 Å². The Morgan fingerprint density at radius 3 is 2.28 bits per heavy atom. The van der Waals surface area contributed by atoms with Crippen molar-refractivity contribution in [3.05, 3.63) is 29.8 Å². The molecular formula is C13H19NO3S. The highest BCUT2D eigenvalue weighted by Crippen LogP contribution is 2.12. The van der Waals surface area contributed by atoms with Gasteiger partial charge < -0.3 is 0 Å². The van der Waals surface area contributed by atoms with Crippen LogP contribution in [0, 0.1) is 0 Å². The second-order valence-corrected chi connectivity index (χ2v) is 6.11. The van der Waals surface area contributed by atoms with Crippen molar-refractivity contribution in [2.24, 2.45) is 0 Å². The molecule has 0 heterocycles. The van der Waals surface area contributed by atoms with Crippen LogP contribution in [0.15, 0.2) is 29.2 Å². The summed E-state index contributed by atoms with van der Waals surface area (Å²) in [4.78, 5) is 11.3. The minimum absolute atomic E-state index is 0.0775. The van der Waals surface area contributed by atoms with Gasteiger partial charge in [-0.15, -0.1) is 0 Å².